The third-order valence-electron chi connectivity index (χ3n) is 1.60. The topological polar surface area (TPSA) is 49.3 Å². The molecule has 4 heteroatoms. The second-order valence-corrected chi connectivity index (χ2v) is 9.01. The standard InChI is InChI=1S/C10H19NO2Si/c1-5-9(8-12)11-10(13)6-7-14(2,3)4/h9,12H,5,8H2,1-4H3,(H,11,13). The Morgan fingerprint density at radius 2 is 2.07 bits per heavy atom. The van der Waals surface area contributed by atoms with E-state index in [0.29, 0.717) is 0 Å². The zero-order valence-corrected chi connectivity index (χ0v) is 10.3. The van der Waals surface area contributed by atoms with Crippen molar-refractivity contribution in [3.63, 3.8) is 0 Å². The van der Waals surface area contributed by atoms with Gasteiger partial charge in [-0.3, -0.25) is 4.79 Å². The Bertz CT molecular complexity index is 243. The number of hydrogen-bond donors (Lipinski definition) is 2. The van der Waals surface area contributed by atoms with Crippen LogP contribution in [0.4, 0.5) is 0 Å². The first-order valence-corrected chi connectivity index (χ1v) is 8.33. The normalized spacial score (nSPS) is 12.6. The van der Waals surface area contributed by atoms with Crippen LogP contribution in [0, 0.1) is 11.5 Å². The third-order valence-corrected chi connectivity index (χ3v) is 2.47. The zero-order chi connectivity index (χ0) is 11.2. The van der Waals surface area contributed by atoms with Crippen molar-refractivity contribution < 1.29 is 9.90 Å². The van der Waals surface area contributed by atoms with Gasteiger partial charge in [0, 0.05) is 0 Å². The van der Waals surface area contributed by atoms with Crippen LogP contribution >= 0.6 is 0 Å². The molecule has 0 heterocycles. The molecule has 0 rings (SSSR count). The molecule has 0 fully saturated rings. The molecule has 80 valence electrons. The van der Waals surface area contributed by atoms with E-state index in [2.05, 4.69) is 36.4 Å². The van der Waals surface area contributed by atoms with Crippen molar-refractivity contribution in [3.8, 4) is 11.5 Å². The summed E-state index contributed by atoms with van der Waals surface area (Å²) in [5, 5.41) is 11.5. The fourth-order valence-corrected chi connectivity index (χ4v) is 1.23. The largest absolute Gasteiger partial charge is 0.394 e. The molecule has 2 N–H and O–H groups in total. The Morgan fingerprint density at radius 1 is 1.50 bits per heavy atom. The van der Waals surface area contributed by atoms with E-state index in [-0.39, 0.29) is 18.6 Å². The second kappa shape index (κ2) is 5.84. The monoisotopic (exact) mass is 213 g/mol. The van der Waals surface area contributed by atoms with Crippen molar-refractivity contribution >= 4 is 14.0 Å². The van der Waals surface area contributed by atoms with Gasteiger partial charge >= 0.3 is 0 Å². The molecule has 14 heavy (non-hydrogen) atoms. The quantitative estimate of drug-likeness (QED) is 0.537. The molecule has 0 aromatic heterocycles. The zero-order valence-electron chi connectivity index (χ0n) is 9.35. The summed E-state index contributed by atoms with van der Waals surface area (Å²) in [6.45, 7) is 8.12. The molecule has 0 bridgehead atoms. The highest BCUT2D eigenvalue weighted by Crippen LogP contribution is 1.96. The minimum Gasteiger partial charge on any atom is -0.394 e. The van der Waals surface area contributed by atoms with Crippen LogP contribution in [0.5, 0.6) is 0 Å². The Labute approximate surface area is 86.9 Å². The summed E-state index contributed by atoms with van der Waals surface area (Å²) in [6.07, 6.45) is 0.719. The van der Waals surface area contributed by atoms with Crippen LogP contribution in [0.15, 0.2) is 0 Å². The number of carbonyl (C=O) groups excluding carboxylic acids is 1. The van der Waals surface area contributed by atoms with E-state index < -0.39 is 8.07 Å². The summed E-state index contributed by atoms with van der Waals surface area (Å²) in [5.74, 6) is 2.29. The van der Waals surface area contributed by atoms with Crippen molar-refractivity contribution in [1.82, 2.24) is 5.32 Å². The van der Waals surface area contributed by atoms with Gasteiger partial charge in [0.15, 0.2) is 0 Å². The summed E-state index contributed by atoms with van der Waals surface area (Å²) in [5.41, 5.74) is 2.97. The SMILES string of the molecule is CCC(CO)NC(=O)C#C[Si](C)(C)C. The Morgan fingerprint density at radius 3 is 2.43 bits per heavy atom. The van der Waals surface area contributed by atoms with Crippen molar-refractivity contribution in [2.45, 2.75) is 39.0 Å². The average Bonchev–Trinajstić information content (AvgIpc) is 2.09. The van der Waals surface area contributed by atoms with E-state index in [1.165, 1.54) is 0 Å². The molecule has 0 aromatic rings. The van der Waals surface area contributed by atoms with Crippen LogP contribution < -0.4 is 5.32 Å². The molecule has 1 amide bonds. The van der Waals surface area contributed by atoms with Gasteiger partial charge in [-0.1, -0.05) is 26.6 Å². The molecule has 0 saturated carbocycles. The van der Waals surface area contributed by atoms with Crippen LogP contribution in [0.1, 0.15) is 13.3 Å². The van der Waals surface area contributed by atoms with Crippen LogP contribution in [0.25, 0.3) is 0 Å². The Kier molecular flexibility index (Phi) is 5.51. The number of amides is 1. The number of carbonyl (C=O) groups is 1. The minimum absolute atomic E-state index is 0.0309. The molecule has 0 spiro atoms. The smallest absolute Gasteiger partial charge is 0.295 e. The van der Waals surface area contributed by atoms with Crippen LogP contribution in [-0.4, -0.2) is 31.7 Å². The van der Waals surface area contributed by atoms with E-state index in [0.717, 1.165) is 6.42 Å². The maximum absolute atomic E-state index is 11.2. The lowest BCUT2D eigenvalue weighted by molar-refractivity contribution is -0.116. The molecule has 0 aliphatic rings. The van der Waals surface area contributed by atoms with Gasteiger partial charge in [0.05, 0.1) is 12.6 Å². The summed E-state index contributed by atoms with van der Waals surface area (Å²) >= 11 is 0. The highest BCUT2D eigenvalue weighted by Gasteiger charge is 2.10. The maximum atomic E-state index is 11.2. The van der Waals surface area contributed by atoms with Crippen molar-refractivity contribution in [1.29, 1.82) is 0 Å². The predicted molar refractivity (Wildman–Crippen MR) is 60.4 cm³/mol. The van der Waals surface area contributed by atoms with Crippen molar-refractivity contribution in [2.24, 2.45) is 0 Å². The fraction of sp³-hybridized carbons (Fsp3) is 0.700. The molecule has 0 aliphatic carbocycles. The van der Waals surface area contributed by atoms with Gasteiger partial charge < -0.3 is 10.4 Å². The number of rotatable bonds is 3. The first kappa shape index (κ1) is 13.2. The first-order valence-electron chi connectivity index (χ1n) is 4.83. The predicted octanol–water partition coefficient (Wildman–Crippen LogP) is 0.754. The van der Waals surface area contributed by atoms with Gasteiger partial charge in [0.1, 0.15) is 8.07 Å². The maximum Gasteiger partial charge on any atom is 0.295 e. The molecule has 0 radical (unpaired) electrons. The molecule has 0 aliphatic heterocycles. The molecule has 1 unspecified atom stereocenters. The van der Waals surface area contributed by atoms with Gasteiger partial charge in [-0.2, -0.15) is 0 Å². The lowest BCUT2D eigenvalue weighted by atomic mass is 10.2. The Hall–Kier alpha value is -0.793. The number of aliphatic hydroxyl groups is 1. The highest BCUT2D eigenvalue weighted by molar-refractivity contribution is 6.84. The summed E-state index contributed by atoms with van der Waals surface area (Å²) in [4.78, 5) is 11.2. The fourth-order valence-electron chi connectivity index (χ4n) is 0.743. The lowest BCUT2D eigenvalue weighted by Gasteiger charge is -2.11. The Balaban J connectivity index is 4.14. The van der Waals surface area contributed by atoms with Gasteiger partial charge in [0.25, 0.3) is 5.91 Å². The van der Waals surface area contributed by atoms with Gasteiger partial charge in [-0.15, -0.1) is 5.54 Å². The minimum atomic E-state index is -1.48. The van der Waals surface area contributed by atoms with Crippen molar-refractivity contribution in [2.75, 3.05) is 6.61 Å². The summed E-state index contributed by atoms with van der Waals surface area (Å²) in [6, 6.07) is -0.168. The highest BCUT2D eigenvalue weighted by atomic mass is 28.3. The number of aliphatic hydroxyl groups excluding tert-OH is 1. The van der Waals surface area contributed by atoms with Crippen LogP contribution in [-0.2, 0) is 4.79 Å². The summed E-state index contributed by atoms with van der Waals surface area (Å²) < 4.78 is 0. The molecule has 3 nitrogen and oxygen atoms in total. The van der Waals surface area contributed by atoms with Gasteiger partial charge in [-0.05, 0) is 12.3 Å². The van der Waals surface area contributed by atoms with Crippen LogP contribution in [0.3, 0.4) is 0 Å². The number of hydrogen-bond acceptors (Lipinski definition) is 2. The van der Waals surface area contributed by atoms with Gasteiger partial charge in [0.2, 0.25) is 0 Å². The molecular formula is C10H19NO2Si. The van der Waals surface area contributed by atoms with E-state index >= 15 is 0 Å². The molecular weight excluding hydrogens is 194 g/mol. The first-order chi connectivity index (χ1) is 6.39. The molecule has 1 atom stereocenters. The second-order valence-electron chi connectivity index (χ2n) is 4.26. The van der Waals surface area contributed by atoms with E-state index in [1.807, 2.05) is 6.92 Å². The number of nitrogens with one attached hydrogen (secondary N) is 1. The van der Waals surface area contributed by atoms with E-state index in [4.69, 9.17) is 5.11 Å². The molecule has 0 aromatic carbocycles. The van der Waals surface area contributed by atoms with Crippen LogP contribution in [0.2, 0.25) is 19.6 Å². The van der Waals surface area contributed by atoms with E-state index in [1.54, 1.807) is 0 Å². The van der Waals surface area contributed by atoms with Gasteiger partial charge in [-0.25, -0.2) is 0 Å². The summed E-state index contributed by atoms with van der Waals surface area (Å²) in [7, 11) is -1.48. The molecule has 0 saturated heterocycles. The third kappa shape index (κ3) is 6.69. The lowest BCUT2D eigenvalue weighted by Crippen LogP contribution is -2.36. The van der Waals surface area contributed by atoms with E-state index in [9.17, 15) is 4.79 Å². The van der Waals surface area contributed by atoms with Crippen molar-refractivity contribution in [3.05, 3.63) is 0 Å². The average molecular weight is 213 g/mol.